The summed E-state index contributed by atoms with van der Waals surface area (Å²) in [7, 11) is 5.03. The van der Waals surface area contributed by atoms with Gasteiger partial charge in [-0.15, -0.1) is 0 Å². The van der Waals surface area contributed by atoms with Gasteiger partial charge >= 0.3 is 0 Å². The molecule has 1 N–H and O–H groups in total. The zero-order chi connectivity index (χ0) is 18.0. The Kier molecular flexibility index (Phi) is 4.60. The fourth-order valence-electron chi connectivity index (χ4n) is 2.71. The van der Waals surface area contributed by atoms with Crippen LogP contribution in [0.5, 0.6) is 11.5 Å². The van der Waals surface area contributed by atoms with Crippen LogP contribution in [0.15, 0.2) is 24.4 Å². The van der Waals surface area contributed by atoms with Gasteiger partial charge in [-0.1, -0.05) is 6.07 Å². The number of hydrogen-bond acceptors (Lipinski definition) is 5. The lowest BCUT2D eigenvalue weighted by Gasteiger charge is -2.10. The van der Waals surface area contributed by atoms with E-state index in [0.717, 1.165) is 22.3 Å². The van der Waals surface area contributed by atoms with Crippen molar-refractivity contribution in [2.45, 2.75) is 20.0 Å². The number of aryl methyl sites for hydroxylation is 2. The Balaban J connectivity index is 1.63. The first-order valence-corrected chi connectivity index (χ1v) is 7.86. The summed E-state index contributed by atoms with van der Waals surface area (Å²) in [6, 6.07) is 5.55. The van der Waals surface area contributed by atoms with Crippen LogP contribution in [0, 0.1) is 6.92 Å². The van der Waals surface area contributed by atoms with E-state index in [1.807, 2.05) is 38.4 Å². The van der Waals surface area contributed by atoms with Gasteiger partial charge in [0.25, 0.3) is 0 Å². The largest absolute Gasteiger partial charge is 0.493 e. The second-order valence-corrected chi connectivity index (χ2v) is 5.74. The van der Waals surface area contributed by atoms with Crippen LogP contribution >= 0.6 is 0 Å². The molecule has 1 aromatic carbocycles. The monoisotopic (exact) mass is 343 g/mol. The number of amides is 1. The van der Waals surface area contributed by atoms with Gasteiger partial charge in [0.05, 0.1) is 26.1 Å². The predicted octanol–water partition coefficient (Wildman–Crippen LogP) is 1.41. The molecule has 2 heterocycles. The van der Waals surface area contributed by atoms with Gasteiger partial charge in [0, 0.05) is 13.6 Å². The lowest BCUT2D eigenvalue weighted by atomic mass is 10.2. The van der Waals surface area contributed by atoms with Gasteiger partial charge in [0.1, 0.15) is 17.6 Å². The summed E-state index contributed by atoms with van der Waals surface area (Å²) in [6.45, 7) is 2.46. The number of aromatic nitrogens is 4. The van der Waals surface area contributed by atoms with E-state index in [9.17, 15) is 4.79 Å². The predicted molar refractivity (Wildman–Crippen MR) is 92.6 cm³/mol. The first-order chi connectivity index (χ1) is 12.0. The quantitative estimate of drug-likeness (QED) is 0.732. The van der Waals surface area contributed by atoms with Gasteiger partial charge in [0.15, 0.2) is 11.5 Å². The van der Waals surface area contributed by atoms with Crippen molar-refractivity contribution >= 4 is 16.9 Å². The maximum atomic E-state index is 12.2. The molecule has 0 aliphatic heterocycles. The molecule has 0 fully saturated rings. The van der Waals surface area contributed by atoms with Gasteiger partial charge in [-0.2, -0.15) is 10.2 Å². The number of ether oxygens (including phenoxy) is 2. The molecule has 132 valence electrons. The fourth-order valence-corrected chi connectivity index (χ4v) is 2.71. The van der Waals surface area contributed by atoms with Crippen molar-refractivity contribution in [1.82, 2.24) is 24.9 Å². The summed E-state index contributed by atoms with van der Waals surface area (Å²) in [6.07, 6.45) is 1.82. The maximum Gasteiger partial charge on any atom is 0.241 e. The van der Waals surface area contributed by atoms with Crippen molar-refractivity contribution in [1.29, 1.82) is 0 Å². The molecular weight excluding hydrogens is 322 g/mol. The van der Waals surface area contributed by atoms with E-state index in [4.69, 9.17) is 9.47 Å². The zero-order valence-corrected chi connectivity index (χ0v) is 14.7. The normalized spacial score (nSPS) is 10.9. The zero-order valence-electron chi connectivity index (χ0n) is 14.7. The van der Waals surface area contributed by atoms with Crippen LogP contribution in [0.4, 0.5) is 0 Å². The number of fused-ring (bicyclic) bond motifs is 1. The van der Waals surface area contributed by atoms with Crippen LogP contribution in [0.2, 0.25) is 0 Å². The van der Waals surface area contributed by atoms with E-state index in [2.05, 4.69) is 15.5 Å². The van der Waals surface area contributed by atoms with Gasteiger partial charge in [0.2, 0.25) is 5.91 Å². The van der Waals surface area contributed by atoms with Crippen LogP contribution < -0.4 is 14.8 Å². The summed E-state index contributed by atoms with van der Waals surface area (Å²) in [5, 5.41) is 11.6. The van der Waals surface area contributed by atoms with Gasteiger partial charge < -0.3 is 14.8 Å². The number of carbonyl (C=O) groups is 1. The molecule has 0 aliphatic carbocycles. The Morgan fingerprint density at radius 2 is 1.96 bits per heavy atom. The minimum atomic E-state index is -0.117. The molecule has 25 heavy (non-hydrogen) atoms. The summed E-state index contributed by atoms with van der Waals surface area (Å²) < 4.78 is 13.9. The van der Waals surface area contributed by atoms with E-state index in [1.54, 1.807) is 23.6 Å². The summed E-state index contributed by atoms with van der Waals surface area (Å²) >= 11 is 0. The van der Waals surface area contributed by atoms with Crippen molar-refractivity contribution in [2.24, 2.45) is 7.05 Å². The first-order valence-electron chi connectivity index (χ1n) is 7.86. The molecule has 0 saturated heterocycles. The summed E-state index contributed by atoms with van der Waals surface area (Å²) in [5.74, 6) is 1.17. The molecule has 0 bridgehead atoms. The molecule has 0 saturated carbocycles. The molecule has 3 aromatic rings. The average Bonchev–Trinajstić information content (AvgIpc) is 3.13. The summed E-state index contributed by atoms with van der Waals surface area (Å²) in [5.41, 5.74) is 3.50. The third kappa shape index (κ3) is 3.42. The Morgan fingerprint density at radius 1 is 1.20 bits per heavy atom. The Hall–Kier alpha value is -3.03. The van der Waals surface area contributed by atoms with E-state index >= 15 is 0 Å². The molecule has 0 atom stereocenters. The van der Waals surface area contributed by atoms with Crippen molar-refractivity contribution in [2.75, 3.05) is 14.2 Å². The molecule has 0 radical (unpaired) electrons. The van der Waals surface area contributed by atoms with Gasteiger partial charge in [-0.05, 0) is 24.6 Å². The average molecular weight is 343 g/mol. The SMILES string of the molecule is COc1ccc(CNC(=O)Cn2cc3c(n2)c(C)nn3C)cc1OC. The third-order valence-electron chi connectivity index (χ3n) is 3.98. The van der Waals surface area contributed by atoms with Gasteiger partial charge in [-0.3, -0.25) is 14.2 Å². The highest BCUT2D eigenvalue weighted by Crippen LogP contribution is 2.27. The van der Waals surface area contributed by atoms with Crippen molar-refractivity contribution in [3.05, 3.63) is 35.7 Å². The number of nitrogens with one attached hydrogen (secondary N) is 1. The van der Waals surface area contributed by atoms with Crippen LogP contribution in [0.25, 0.3) is 11.0 Å². The Morgan fingerprint density at radius 3 is 2.64 bits per heavy atom. The van der Waals surface area contributed by atoms with E-state index in [-0.39, 0.29) is 12.5 Å². The number of carbonyl (C=O) groups excluding carboxylic acids is 1. The molecule has 0 aliphatic rings. The first kappa shape index (κ1) is 16.8. The minimum Gasteiger partial charge on any atom is -0.493 e. The molecule has 3 rings (SSSR count). The standard InChI is InChI=1S/C17H21N5O3/c1-11-17-13(21(2)19-11)9-22(20-17)10-16(23)18-8-12-5-6-14(24-3)15(7-12)25-4/h5-7,9H,8,10H2,1-4H3,(H,18,23). The number of benzene rings is 1. The van der Waals surface area contributed by atoms with Crippen molar-refractivity contribution < 1.29 is 14.3 Å². The lowest BCUT2D eigenvalue weighted by Crippen LogP contribution is -2.27. The Labute approximate surface area is 145 Å². The summed E-state index contributed by atoms with van der Waals surface area (Å²) in [4.78, 5) is 12.2. The second-order valence-electron chi connectivity index (χ2n) is 5.74. The van der Waals surface area contributed by atoms with Crippen LogP contribution in [-0.2, 0) is 24.9 Å². The molecule has 0 unspecified atom stereocenters. The highest BCUT2D eigenvalue weighted by Gasteiger charge is 2.12. The van der Waals surface area contributed by atoms with Crippen LogP contribution in [0.3, 0.4) is 0 Å². The Bertz CT molecular complexity index is 878. The van der Waals surface area contributed by atoms with Crippen LogP contribution in [-0.4, -0.2) is 39.7 Å². The molecule has 8 heteroatoms. The smallest absolute Gasteiger partial charge is 0.241 e. The van der Waals surface area contributed by atoms with E-state index < -0.39 is 0 Å². The lowest BCUT2D eigenvalue weighted by molar-refractivity contribution is -0.122. The van der Waals surface area contributed by atoms with Gasteiger partial charge in [-0.25, -0.2) is 0 Å². The maximum absolute atomic E-state index is 12.2. The van der Waals surface area contributed by atoms with Crippen molar-refractivity contribution in [3.63, 3.8) is 0 Å². The number of nitrogens with zero attached hydrogens (tertiary/aromatic N) is 4. The molecular formula is C17H21N5O3. The van der Waals surface area contributed by atoms with E-state index in [0.29, 0.717) is 18.0 Å². The number of rotatable bonds is 6. The minimum absolute atomic E-state index is 0.117. The van der Waals surface area contributed by atoms with Crippen molar-refractivity contribution in [3.8, 4) is 11.5 Å². The number of hydrogen-bond donors (Lipinski definition) is 1. The molecule has 8 nitrogen and oxygen atoms in total. The van der Waals surface area contributed by atoms with E-state index in [1.165, 1.54) is 0 Å². The molecule has 0 spiro atoms. The van der Waals surface area contributed by atoms with Crippen LogP contribution in [0.1, 0.15) is 11.3 Å². The third-order valence-corrected chi connectivity index (χ3v) is 3.98. The fraction of sp³-hybridized carbons (Fsp3) is 0.353. The topological polar surface area (TPSA) is 83.2 Å². The molecule has 2 aromatic heterocycles. The number of methoxy groups -OCH3 is 2. The highest BCUT2D eigenvalue weighted by atomic mass is 16.5. The molecule has 1 amide bonds. The second kappa shape index (κ2) is 6.84. The highest BCUT2D eigenvalue weighted by molar-refractivity contribution is 5.79.